The van der Waals surface area contributed by atoms with Crippen molar-refractivity contribution in [1.82, 2.24) is 10.3 Å². The third-order valence-electron chi connectivity index (χ3n) is 5.89. The lowest BCUT2D eigenvalue weighted by molar-refractivity contribution is 0.0910. The van der Waals surface area contributed by atoms with Gasteiger partial charge >= 0.3 is 0 Å². The number of Topliss-reactive ketones (excluding diaryl/α,β-unsaturated/α-hetero) is 1. The van der Waals surface area contributed by atoms with E-state index in [2.05, 4.69) is 10.3 Å². The lowest BCUT2D eigenvalue weighted by Crippen LogP contribution is -2.34. The molecule has 4 rings (SSSR count). The molecule has 0 unspecified atom stereocenters. The summed E-state index contributed by atoms with van der Waals surface area (Å²) >= 11 is 0. The maximum Gasteiger partial charge on any atom is 0.261 e. The fourth-order valence-corrected chi connectivity index (χ4v) is 4.19. The van der Waals surface area contributed by atoms with Crippen LogP contribution in [0.4, 0.5) is 0 Å². The molecular weight excluding hydrogens is 416 g/mol. The van der Waals surface area contributed by atoms with E-state index in [1.54, 1.807) is 0 Å². The van der Waals surface area contributed by atoms with Crippen LogP contribution in [0.3, 0.4) is 0 Å². The van der Waals surface area contributed by atoms with Crippen LogP contribution in [-0.2, 0) is 30.9 Å². The van der Waals surface area contributed by atoms with E-state index >= 15 is 0 Å². The van der Waals surface area contributed by atoms with Crippen LogP contribution in [-0.4, -0.2) is 16.7 Å². The number of fused-ring (bicyclic) bond motifs is 1. The summed E-state index contributed by atoms with van der Waals surface area (Å²) in [5, 5.41) is 2.82. The van der Waals surface area contributed by atoms with E-state index in [1.165, 1.54) is 6.07 Å². The highest BCUT2D eigenvalue weighted by atomic mass is 16.5. The first kappa shape index (κ1) is 22.7. The quantitative estimate of drug-likeness (QED) is 0.572. The molecule has 0 fully saturated rings. The highest BCUT2D eigenvalue weighted by Gasteiger charge is 2.32. The Bertz CT molecular complexity index is 1230. The summed E-state index contributed by atoms with van der Waals surface area (Å²) in [6.07, 6.45) is 0.991. The van der Waals surface area contributed by atoms with Gasteiger partial charge in [-0.25, -0.2) is 0 Å². The fraction of sp³-hybridized carbons (Fsp3) is 0.296. The van der Waals surface area contributed by atoms with Crippen molar-refractivity contribution in [3.63, 3.8) is 0 Å². The Labute approximate surface area is 193 Å². The van der Waals surface area contributed by atoms with Crippen molar-refractivity contribution in [3.05, 3.63) is 105 Å². The Kier molecular flexibility index (Phi) is 6.56. The number of aromatic nitrogens is 1. The summed E-state index contributed by atoms with van der Waals surface area (Å²) in [4.78, 5) is 40.7. The van der Waals surface area contributed by atoms with Crippen LogP contribution in [0.1, 0.15) is 63.4 Å². The van der Waals surface area contributed by atoms with Gasteiger partial charge in [0, 0.05) is 24.2 Å². The molecule has 0 radical (unpaired) electrons. The van der Waals surface area contributed by atoms with E-state index in [0.717, 1.165) is 16.7 Å². The van der Waals surface area contributed by atoms with Gasteiger partial charge in [0.15, 0.2) is 5.78 Å². The molecule has 0 aliphatic heterocycles. The largest absolute Gasteiger partial charge is 0.372 e. The number of nitrogens with one attached hydrogen (secondary N) is 2. The Morgan fingerprint density at radius 2 is 1.67 bits per heavy atom. The molecule has 1 aromatic heterocycles. The number of carbonyl (C=O) groups excluding carboxylic acids is 2. The zero-order valence-electron chi connectivity index (χ0n) is 18.9. The monoisotopic (exact) mass is 444 g/mol. The van der Waals surface area contributed by atoms with Crippen molar-refractivity contribution < 1.29 is 14.3 Å². The molecule has 0 atom stereocenters. The van der Waals surface area contributed by atoms with E-state index in [9.17, 15) is 14.4 Å². The van der Waals surface area contributed by atoms with Gasteiger partial charge in [-0.05, 0) is 34.6 Å². The number of pyridine rings is 1. The highest BCUT2D eigenvalue weighted by Crippen LogP contribution is 2.33. The molecule has 2 N–H and O–H groups in total. The lowest BCUT2D eigenvalue weighted by atomic mass is 9.75. The molecule has 6 heteroatoms. The molecule has 6 nitrogen and oxygen atoms in total. The van der Waals surface area contributed by atoms with Gasteiger partial charge < -0.3 is 15.0 Å². The Morgan fingerprint density at radius 3 is 2.42 bits per heavy atom. The molecule has 1 amide bonds. The maximum absolute atomic E-state index is 12.8. The number of amides is 1. The topological polar surface area (TPSA) is 88.3 Å². The van der Waals surface area contributed by atoms with Gasteiger partial charge in [0.1, 0.15) is 5.56 Å². The van der Waals surface area contributed by atoms with Crippen LogP contribution in [0.25, 0.3) is 0 Å². The van der Waals surface area contributed by atoms with Gasteiger partial charge in [-0.15, -0.1) is 0 Å². The van der Waals surface area contributed by atoms with Crippen molar-refractivity contribution in [2.24, 2.45) is 5.41 Å². The van der Waals surface area contributed by atoms with Crippen LogP contribution < -0.4 is 10.9 Å². The third kappa shape index (κ3) is 5.46. The smallest absolute Gasteiger partial charge is 0.261 e. The van der Waals surface area contributed by atoms with Gasteiger partial charge in [-0.3, -0.25) is 14.4 Å². The van der Waals surface area contributed by atoms with Crippen molar-refractivity contribution >= 4 is 11.7 Å². The van der Waals surface area contributed by atoms with Crippen molar-refractivity contribution in [3.8, 4) is 0 Å². The minimum atomic E-state index is -0.503. The minimum absolute atomic E-state index is 0.0420. The van der Waals surface area contributed by atoms with E-state index < -0.39 is 11.5 Å². The summed E-state index contributed by atoms with van der Waals surface area (Å²) in [6.45, 7) is 5.14. The summed E-state index contributed by atoms with van der Waals surface area (Å²) in [7, 11) is 0. The number of benzene rings is 2. The van der Waals surface area contributed by atoms with Crippen LogP contribution in [0.5, 0.6) is 0 Å². The van der Waals surface area contributed by atoms with E-state index in [4.69, 9.17) is 4.74 Å². The number of ketones is 1. The number of aromatic amines is 1. The van der Waals surface area contributed by atoms with E-state index in [0.29, 0.717) is 37.3 Å². The molecule has 170 valence electrons. The molecule has 0 bridgehead atoms. The van der Waals surface area contributed by atoms with Gasteiger partial charge in [0.2, 0.25) is 0 Å². The molecule has 2 aromatic carbocycles. The van der Waals surface area contributed by atoms with Gasteiger partial charge in [-0.1, -0.05) is 68.4 Å². The zero-order chi connectivity index (χ0) is 23.4. The first-order chi connectivity index (χ1) is 15.8. The first-order valence-electron chi connectivity index (χ1n) is 11.1. The second-order valence-electron chi connectivity index (χ2n) is 9.28. The first-order valence-corrected chi connectivity index (χ1v) is 11.1. The number of H-pyrrole nitrogens is 1. The van der Waals surface area contributed by atoms with Gasteiger partial charge in [0.05, 0.1) is 13.2 Å². The van der Waals surface area contributed by atoms with Crippen LogP contribution in [0.2, 0.25) is 0 Å². The Balaban J connectivity index is 1.43. The van der Waals surface area contributed by atoms with Gasteiger partial charge in [0.25, 0.3) is 11.5 Å². The molecule has 0 saturated heterocycles. The van der Waals surface area contributed by atoms with Crippen molar-refractivity contribution in [1.29, 1.82) is 0 Å². The molecular formula is C27H28N2O4. The summed E-state index contributed by atoms with van der Waals surface area (Å²) < 4.78 is 5.84. The van der Waals surface area contributed by atoms with Crippen LogP contribution in [0, 0.1) is 5.41 Å². The maximum atomic E-state index is 12.8. The highest BCUT2D eigenvalue weighted by molar-refractivity contribution is 6.02. The summed E-state index contributed by atoms with van der Waals surface area (Å²) in [6, 6.07) is 19.1. The minimum Gasteiger partial charge on any atom is -0.372 e. The van der Waals surface area contributed by atoms with Crippen molar-refractivity contribution in [2.75, 3.05) is 0 Å². The summed E-state index contributed by atoms with van der Waals surface area (Å²) in [5.41, 5.74) is 3.29. The molecule has 1 aliphatic rings. The van der Waals surface area contributed by atoms with Crippen molar-refractivity contribution in [2.45, 2.75) is 46.4 Å². The Hall–Kier alpha value is -3.51. The average Bonchev–Trinajstić information content (AvgIpc) is 2.78. The Morgan fingerprint density at radius 1 is 0.970 bits per heavy atom. The number of carbonyl (C=O) groups is 2. The molecule has 33 heavy (non-hydrogen) atoms. The van der Waals surface area contributed by atoms with Gasteiger partial charge in [-0.2, -0.15) is 0 Å². The third-order valence-corrected chi connectivity index (χ3v) is 5.89. The molecule has 1 heterocycles. The van der Waals surface area contributed by atoms with Crippen LogP contribution >= 0.6 is 0 Å². The molecule has 1 aliphatic carbocycles. The average molecular weight is 445 g/mol. The summed E-state index contributed by atoms with van der Waals surface area (Å²) in [5.74, 6) is -0.552. The second kappa shape index (κ2) is 9.55. The number of hydrogen-bond donors (Lipinski definition) is 2. The fourth-order valence-electron chi connectivity index (χ4n) is 4.19. The predicted octanol–water partition coefficient (Wildman–Crippen LogP) is 4.18. The molecule has 3 aromatic rings. The second-order valence-corrected chi connectivity index (χ2v) is 9.28. The lowest BCUT2D eigenvalue weighted by Gasteiger charge is -2.29. The zero-order valence-corrected chi connectivity index (χ0v) is 18.9. The van der Waals surface area contributed by atoms with Crippen LogP contribution in [0.15, 0.2) is 65.5 Å². The molecule has 0 spiro atoms. The number of rotatable bonds is 7. The van der Waals surface area contributed by atoms with E-state index in [-0.39, 0.29) is 23.3 Å². The SMILES string of the molecule is CC1(C)CC(=O)c2cc(C(=O)NCc3ccccc3COCc3ccccc3)c(=O)[nH]c2C1. The standard InChI is InChI=1S/C27H28N2O4/c1-27(2)13-23-21(24(30)14-27)12-22(26(32)29-23)25(31)28-15-19-10-6-7-11-20(19)17-33-16-18-8-4-3-5-9-18/h3-12H,13-17H2,1-2H3,(H,28,31)(H,29,32). The predicted molar refractivity (Wildman–Crippen MR) is 126 cm³/mol. The molecule has 0 saturated carbocycles. The number of ether oxygens (including phenoxy) is 1. The number of hydrogen-bond acceptors (Lipinski definition) is 4. The van der Waals surface area contributed by atoms with E-state index in [1.807, 2.05) is 68.4 Å². The normalized spacial score (nSPS) is 14.5.